The van der Waals surface area contributed by atoms with Gasteiger partial charge in [0, 0.05) is 23.2 Å². The van der Waals surface area contributed by atoms with Gasteiger partial charge < -0.3 is 9.47 Å². The first-order valence-corrected chi connectivity index (χ1v) is 7.26. The molecule has 2 heterocycles. The molecule has 0 fully saturated rings. The predicted molar refractivity (Wildman–Crippen MR) is 89.0 cm³/mol. The molecule has 0 aliphatic heterocycles. The number of fused-ring (bicyclic) bond motifs is 3. The summed E-state index contributed by atoms with van der Waals surface area (Å²) in [6, 6.07) is 15.8. The Bertz CT molecular complexity index is 1010. The van der Waals surface area contributed by atoms with Gasteiger partial charge in [-0.3, -0.25) is 0 Å². The number of benzene rings is 2. The molecule has 0 atom stereocenters. The predicted octanol–water partition coefficient (Wildman–Crippen LogP) is 3.57. The Hall–Kier alpha value is -3.08. The summed E-state index contributed by atoms with van der Waals surface area (Å²) in [6.45, 7) is 0. The standard InChI is InChI=1S/C18H15N3O2/c1-22-16-8-7-12(9-17(16)23-2)14-10-18-19-11-13-5-3-4-6-15(13)21(18)20-14/h3-11H,1-2H3. The summed E-state index contributed by atoms with van der Waals surface area (Å²) in [5, 5.41) is 5.76. The SMILES string of the molecule is COc1ccc(-c2cc3ncc4ccccc4n3n2)cc1OC. The Morgan fingerprint density at radius 1 is 0.913 bits per heavy atom. The third-order valence-corrected chi connectivity index (χ3v) is 3.87. The summed E-state index contributed by atoms with van der Waals surface area (Å²) in [7, 11) is 3.25. The number of nitrogens with zero attached hydrogens (tertiary/aromatic N) is 3. The lowest BCUT2D eigenvalue weighted by Gasteiger charge is -2.08. The van der Waals surface area contributed by atoms with Gasteiger partial charge in [0.2, 0.25) is 0 Å². The summed E-state index contributed by atoms with van der Waals surface area (Å²) < 4.78 is 12.5. The second-order valence-electron chi connectivity index (χ2n) is 5.19. The van der Waals surface area contributed by atoms with Crippen LogP contribution in [0.5, 0.6) is 11.5 Å². The number of hydrogen-bond donors (Lipinski definition) is 0. The molecule has 0 spiro atoms. The maximum Gasteiger partial charge on any atom is 0.161 e. The Kier molecular flexibility index (Phi) is 3.12. The molecule has 0 saturated carbocycles. The Morgan fingerprint density at radius 2 is 1.74 bits per heavy atom. The van der Waals surface area contributed by atoms with E-state index in [1.54, 1.807) is 14.2 Å². The zero-order chi connectivity index (χ0) is 15.8. The molecule has 114 valence electrons. The molecular formula is C18H15N3O2. The van der Waals surface area contributed by atoms with Crippen LogP contribution in [0.1, 0.15) is 0 Å². The number of para-hydroxylation sites is 1. The van der Waals surface area contributed by atoms with Crippen LogP contribution >= 0.6 is 0 Å². The molecule has 0 radical (unpaired) electrons. The van der Waals surface area contributed by atoms with E-state index in [0.717, 1.165) is 27.8 Å². The normalized spacial score (nSPS) is 11.0. The Labute approximate surface area is 133 Å². The highest BCUT2D eigenvalue weighted by molar-refractivity contribution is 5.81. The largest absolute Gasteiger partial charge is 0.493 e. The van der Waals surface area contributed by atoms with Gasteiger partial charge in [-0.05, 0) is 24.3 Å². The minimum absolute atomic E-state index is 0.680. The molecule has 2 aromatic heterocycles. The number of rotatable bonds is 3. The van der Waals surface area contributed by atoms with Crippen LogP contribution in [0.25, 0.3) is 27.8 Å². The van der Waals surface area contributed by atoms with Gasteiger partial charge in [-0.15, -0.1) is 0 Å². The maximum absolute atomic E-state index is 5.37. The average Bonchev–Trinajstić information content (AvgIpc) is 3.05. The van der Waals surface area contributed by atoms with E-state index in [0.29, 0.717) is 11.5 Å². The van der Waals surface area contributed by atoms with Crippen molar-refractivity contribution in [1.29, 1.82) is 0 Å². The topological polar surface area (TPSA) is 48.7 Å². The van der Waals surface area contributed by atoms with E-state index in [1.807, 2.05) is 59.2 Å². The summed E-state index contributed by atoms with van der Waals surface area (Å²) >= 11 is 0. The van der Waals surface area contributed by atoms with Crippen LogP contribution in [0.4, 0.5) is 0 Å². The van der Waals surface area contributed by atoms with Gasteiger partial charge in [-0.1, -0.05) is 18.2 Å². The average molecular weight is 305 g/mol. The fourth-order valence-corrected chi connectivity index (χ4v) is 2.70. The molecule has 0 aliphatic carbocycles. The van der Waals surface area contributed by atoms with E-state index >= 15 is 0 Å². The number of hydrogen-bond acceptors (Lipinski definition) is 4. The lowest BCUT2D eigenvalue weighted by Crippen LogP contribution is -1.93. The molecule has 0 unspecified atom stereocenters. The van der Waals surface area contributed by atoms with Crippen LogP contribution in [0.3, 0.4) is 0 Å². The molecule has 5 nitrogen and oxygen atoms in total. The van der Waals surface area contributed by atoms with Gasteiger partial charge >= 0.3 is 0 Å². The van der Waals surface area contributed by atoms with Gasteiger partial charge in [0.1, 0.15) is 0 Å². The van der Waals surface area contributed by atoms with Crippen molar-refractivity contribution < 1.29 is 9.47 Å². The van der Waals surface area contributed by atoms with Crippen molar-refractivity contribution in [2.24, 2.45) is 0 Å². The zero-order valence-corrected chi connectivity index (χ0v) is 12.9. The first-order valence-electron chi connectivity index (χ1n) is 7.26. The molecule has 0 saturated heterocycles. The van der Waals surface area contributed by atoms with Crippen LogP contribution in [0, 0.1) is 0 Å². The summed E-state index contributed by atoms with van der Waals surface area (Å²) in [5.41, 5.74) is 3.64. The van der Waals surface area contributed by atoms with Gasteiger partial charge in [-0.2, -0.15) is 5.10 Å². The number of methoxy groups -OCH3 is 2. The molecule has 0 amide bonds. The molecule has 0 N–H and O–H groups in total. The number of ether oxygens (including phenoxy) is 2. The zero-order valence-electron chi connectivity index (χ0n) is 12.9. The first-order chi connectivity index (χ1) is 11.3. The summed E-state index contributed by atoms with van der Waals surface area (Å²) in [5.74, 6) is 1.38. The van der Waals surface area contributed by atoms with Crippen molar-refractivity contribution in [2.45, 2.75) is 0 Å². The molecule has 0 bridgehead atoms. The molecule has 2 aromatic carbocycles. The third kappa shape index (κ3) is 2.17. The quantitative estimate of drug-likeness (QED) is 0.580. The smallest absolute Gasteiger partial charge is 0.161 e. The van der Waals surface area contributed by atoms with E-state index in [4.69, 9.17) is 14.6 Å². The minimum atomic E-state index is 0.680. The van der Waals surface area contributed by atoms with Gasteiger partial charge in [0.05, 0.1) is 25.4 Å². The van der Waals surface area contributed by atoms with Crippen molar-refractivity contribution in [3.8, 4) is 22.8 Å². The van der Waals surface area contributed by atoms with Crippen LogP contribution < -0.4 is 9.47 Å². The third-order valence-electron chi connectivity index (χ3n) is 3.87. The van der Waals surface area contributed by atoms with Crippen molar-refractivity contribution in [3.05, 3.63) is 54.7 Å². The van der Waals surface area contributed by atoms with Gasteiger partial charge in [-0.25, -0.2) is 9.50 Å². The number of aromatic nitrogens is 3. The van der Waals surface area contributed by atoms with E-state index in [-0.39, 0.29) is 0 Å². The molecule has 4 aromatic rings. The summed E-state index contributed by atoms with van der Waals surface area (Å²) in [4.78, 5) is 4.48. The van der Waals surface area contributed by atoms with Gasteiger partial charge in [0.25, 0.3) is 0 Å². The van der Waals surface area contributed by atoms with E-state index in [1.165, 1.54) is 0 Å². The molecule has 23 heavy (non-hydrogen) atoms. The molecule has 4 rings (SSSR count). The first kappa shape index (κ1) is 13.6. The molecule has 0 aliphatic rings. The Balaban J connectivity index is 1.91. The highest BCUT2D eigenvalue weighted by atomic mass is 16.5. The van der Waals surface area contributed by atoms with Crippen molar-refractivity contribution in [1.82, 2.24) is 14.6 Å². The highest BCUT2D eigenvalue weighted by Crippen LogP contribution is 2.32. The summed E-state index contributed by atoms with van der Waals surface area (Å²) in [6.07, 6.45) is 1.87. The van der Waals surface area contributed by atoms with Crippen LogP contribution in [0.15, 0.2) is 54.7 Å². The lowest BCUT2D eigenvalue weighted by molar-refractivity contribution is 0.355. The second-order valence-corrected chi connectivity index (χ2v) is 5.19. The van der Waals surface area contributed by atoms with E-state index in [9.17, 15) is 0 Å². The monoisotopic (exact) mass is 305 g/mol. The van der Waals surface area contributed by atoms with Crippen LogP contribution in [0.2, 0.25) is 0 Å². The second kappa shape index (κ2) is 5.28. The van der Waals surface area contributed by atoms with E-state index in [2.05, 4.69) is 4.98 Å². The van der Waals surface area contributed by atoms with Crippen molar-refractivity contribution in [3.63, 3.8) is 0 Å². The lowest BCUT2D eigenvalue weighted by atomic mass is 10.1. The fourth-order valence-electron chi connectivity index (χ4n) is 2.70. The minimum Gasteiger partial charge on any atom is -0.493 e. The Morgan fingerprint density at radius 3 is 2.57 bits per heavy atom. The highest BCUT2D eigenvalue weighted by Gasteiger charge is 2.11. The van der Waals surface area contributed by atoms with Crippen molar-refractivity contribution >= 4 is 16.6 Å². The molecular weight excluding hydrogens is 290 g/mol. The molecule has 5 heteroatoms. The van der Waals surface area contributed by atoms with Crippen LogP contribution in [-0.2, 0) is 0 Å². The van der Waals surface area contributed by atoms with Crippen molar-refractivity contribution in [2.75, 3.05) is 14.2 Å². The maximum atomic E-state index is 5.37. The fraction of sp³-hybridized carbons (Fsp3) is 0.111. The van der Waals surface area contributed by atoms with Gasteiger partial charge in [0.15, 0.2) is 17.1 Å². The van der Waals surface area contributed by atoms with E-state index < -0.39 is 0 Å². The van der Waals surface area contributed by atoms with Crippen LogP contribution in [-0.4, -0.2) is 28.8 Å².